The van der Waals surface area contributed by atoms with Gasteiger partial charge in [0.15, 0.2) is 0 Å². The summed E-state index contributed by atoms with van der Waals surface area (Å²) in [7, 11) is 0. The van der Waals surface area contributed by atoms with E-state index in [1.807, 2.05) is 0 Å². The van der Waals surface area contributed by atoms with Gasteiger partial charge in [0.2, 0.25) is 5.76 Å². The second kappa shape index (κ2) is 4.82. The van der Waals surface area contributed by atoms with Crippen LogP contribution in [0.3, 0.4) is 0 Å². The van der Waals surface area contributed by atoms with Gasteiger partial charge in [-0.25, -0.2) is 4.79 Å². The molecule has 6 nitrogen and oxygen atoms in total. The Bertz CT molecular complexity index is 302. The molecule has 0 saturated carbocycles. The van der Waals surface area contributed by atoms with Crippen molar-refractivity contribution in [3.63, 3.8) is 0 Å². The molecule has 1 rings (SSSR count). The Morgan fingerprint density at radius 3 is 2.62 bits per heavy atom. The van der Waals surface area contributed by atoms with E-state index in [1.54, 1.807) is 6.92 Å². The van der Waals surface area contributed by atoms with Gasteiger partial charge in [0.25, 0.3) is 0 Å². The third kappa shape index (κ3) is 2.52. The minimum Gasteiger partial charge on any atom is -0.481 e. The summed E-state index contributed by atoms with van der Waals surface area (Å²) in [5, 5.41) is 27.8. The maximum absolute atomic E-state index is 10.7. The van der Waals surface area contributed by atoms with E-state index in [0.717, 1.165) is 6.08 Å². The zero-order chi connectivity index (χ0) is 12.5. The molecule has 0 fully saturated rings. The molecule has 0 aromatic heterocycles. The summed E-state index contributed by atoms with van der Waals surface area (Å²) in [4.78, 5) is 10.7. The van der Waals surface area contributed by atoms with Gasteiger partial charge in [0, 0.05) is 5.92 Å². The van der Waals surface area contributed by atoms with Crippen LogP contribution in [0.15, 0.2) is 11.8 Å². The molecule has 0 radical (unpaired) electrons. The van der Waals surface area contributed by atoms with Crippen molar-refractivity contribution in [3.05, 3.63) is 11.8 Å². The van der Waals surface area contributed by atoms with Crippen LogP contribution in [0, 0.1) is 5.92 Å². The minimum atomic E-state index is -1.26. The molecular weight excluding hydrogens is 214 g/mol. The van der Waals surface area contributed by atoms with Gasteiger partial charge in [0.05, 0.1) is 18.2 Å². The van der Waals surface area contributed by atoms with Gasteiger partial charge in [-0.15, -0.1) is 0 Å². The summed E-state index contributed by atoms with van der Waals surface area (Å²) in [6.45, 7) is 3.18. The van der Waals surface area contributed by atoms with Crippen LogP contribution >= 0.6 is 0 Å². The highest BCUT2D eigenvalue weighted by Crippen LogP contribution is 2.26. The lowest BCUT2D eigenvalue weighted by Gasteiger charge is -2.36. The van der Waals surface area contributed by atoms with Crippen molar-refractivity contribution in [2.24, 2.45) is 11.7 Å². The number of ether oxygens (including phenoxy) is 1. The smallest absolute Gasteiger partial charge is 0.370 e. The molecule has 0 bridgehead atoms. The largest absolute Gasteiger partial charge is 0.481 e. The van der Waals surface area contributed by atoms with Crippen molar-refractivity contribution in [1.82, 2.24) is 0 Å². The normalized spacial score (nSPS) is 33.6. The van der Waals surface area contributed by atoms with E-state index in [-0.39, 0.29) is 11.7 Å². The second-order valence-corrected chi connectivity index (χ2v) is 4.09. The van der Waals surface area contributed by atoms with Gasteiger partial charge < -0.3 is 25.8 Å². The van der Waals surface area contributed by atoms with Gasteiger partial charge in [0.1, 0.15) is 6.10 Å². The zero-order valence-corrected chi connectivity index (χ0v) is 9.20. The first-order chi connectivity index (χ1) is 7.34. The van der Waals surface area contributed by atoms with Crippen molar-refractivity contribution < 1.29 is 24.9 Å². The summed E-state index contributed by atoms with van der Waals surface area (Å²) < 4.78 is 5.17. The summed E-state index contributed by atoms with van der Waals surface area (Å²) in [5.41, 5.74) is 5.70. The molecule has 5 N–H and O–H groups in total. The highest BCUT2D eigenvalue weighted by molar-refractivity contribution is 5.84. The van der Waals surface area contributed by atoms with Crippen LogP contribution in [0.25, 0.3) is 0 Å². The van der Waals surface area contributed by atoms with Crippen LogP contribution in [0.1, 0.15) is 13.8 Å². The molecule has 5 atom stereocenters. The number of carboxylic acids is 1. The predicted molar refractivity (Wildman–Crippen MR) is 55.4 cm³/mol. The summed E-state index contributed by atoms with van der Waals surface area (Å²) >= 11 is 0. The third-order valence-electron chi connectivity index (χ3n) is 2.79. The van der Waals surface area contributed by atoms with Crippen molar-refractivity contribution in [2.75, 3.05) is 0 Å². The predicted octanol–water partition coefficient (Wildman–Crippen LogP) is -0.941. The Morgan fingerprint density at radius 2 is 2.19 bits per heavy atom. The minimum absolute atomic E-state index is 0.327. The van der Waals surface area contributed by atoms with E-state index in [1.165, 1.54) is 6.92 Å². The first-order valence-electron chi connectivity index (χ1n) is 5.08. The third-order valence-corrected chi connectivity index (χ3v) is 2.79. The first kappa shape index (κ1) is 13.0. The van der Waals surface area contributed by atoms with Crippen molar-refractivity contribution in [1.29, 1.82) is 0 Å². The van der Waals surface area contributed by atoms with Crippen LogP contribution in [-0.4, -0.2) is 45.6 Å². The molecule has 1 heterocycles. The number of rotatable bonds is 3. The number of aliphatic hydroxyl groups is 2. The Morgan fingerprint density at radius 1 is 1.62 bits per heavy atom. The number of aliphatic carboxylic acids is 1. The van der Waals surface area contributed by atoms with Gasteiger partial charge >= 0.3 is 5.97 Å². The van der Waals surface area contributed by atoms with Crippen LogP contribution in [0.4, 0.5) is 0 Å². The van der Waals surface area contributed by atoms with Crippen LogP contribution in [0.2, 0.25) is 0 Å². The highest BCUT2D eigenvalue weighted by Gasteiger charge is 2.38. The number of carbonyl (C=O) groups is 1. The lowest BCUT2D eigenvalue weighted by atomic mass is 9.88. The summed E-state index contributed by atoms with van der Waals surface area (Å²) in [6, 6.07) is -0.743. The molecule has 0 aromatic rings. The standard InChI is InChI=1S/C10H17NO5/c1-4-6(13)3-7(10(14)15)16-9(4)8(11)5(2)12/h3-6,8-9,12-13H,11H2,1-2H3,(H,14,15)/t4-,5-,6?,8-,9?/m1/s1. The molecule has 1 aliphatic heterocycles. The van der Waals surface area contributed by atoms with Gasteiger partial charge in [-0.2, -0.15) is 0 Å². The monoisotopic (exact) mass is 231 g/mol. The van der Waals surface area contributed by atoms with E-state index < -0.39 is 30.3 Å². The molecule has 0 spiro atoms. The molecule has 92 valence electrons. The van der Waals surface area contributed by atoms with E-state index in [0.29, 0.717) is 0 Å². The zero-order valence-electron chi connectivity index (χ0n) is 9.20. The maximum Gasteiger partial charge on any atom is 0.370 e. The molecular formula is C10H17NO5. The topological polar surface area (TPSA) is 113 Å². The van der Waals surface area contributed by atoms with Crippen LogP contribution < -0.4 is 5.73 Å². The lowest BCUT2D eigenvalue weighted by molar-refractivity contribution is -0.141. The first-order valence-corrected chi connectivity index (χ1v) is 5.08. The molecule has 6 heteroatoms. The summed E-state index contributed by atoms with van der Waals surface area (Å²) in [6.07, 6.45) is -1.35. The number of hydrogen-bond donors (Lipinski definition) is 4. The molecule has 16 heavy (non-hydrogen) atoms. The van der Waals surface area contributed by atoms with Crippen molar-refractivity contribution >= 4 is 5.97 Å². The van der Waals surface area contributed by atoms with Gasteiger partial charge in [-0.05, 0) is 13.0 Å². The Hall–Kier alpha value is -1.11. The van der Waals surface area contributed by atoms with E-state index >= 15 is 0 Å². The SMILES string of the molecule is C[C@@H]1C(O)C=C(C(=O)O)OC1[C@H](N)[C@@H](C)O. The summed E-state index contributed by atoms with van der Waals surface area (Å²) in [5.74, 6) is -1.95. The molecule has 2 unspecified atom stereocenters. The number of carboxylic acid groups (broad SMARTS) is 1. The Balaban J connectivity index is 2.89. The number of aliphatic hydroxyl groups excluding tert-OH is 2. The fourth-order valence-corrected chi connectivity index (χ4v) is 1.62. The van der Waals surface area contributed by atoms with E-state index in [2.05, 4.69) is 0 Å². The van der Waals surface area contributed by atoms with Crippen LogP contribution in [0.5, 0.6) is 0 Å². The fourth-order valence-electron chi connectivity index (χ4n) is 1.62. The maximum atomic E-state index is 10.7. The number of nitrogens with two attached hydrogens (primary N) is 1. The average molecular weight is 231 g/mol. The Labute approximate surface area is 93.3 Å². The molecule has 0 saturated heterocycles. The number of hydrogen-bond acceptors (Lipinski definition) is 5. The molecule has 0 aliphatic carbocycles. The highest BCUT2D eigenvalue weighted by atomic mass is 16.5. The molecule has 0 aromatic carbocycles. The molecule has 1 aliphatic rings. The lowest BCUT2D eigenvalue weighted by Crippen LogP contribution is -2.52. The quantitative estimate of drug-likeness (QED) is 0.498. The van der Waals surface area contributed by atoms with Gasteiger partial charge in [-0.3, -0.25) is 0 Å². The van der Waals surface area contributed by atoms with E-state index in [4.69, 9.17) is 15.6 Å². The van der Waals surface area contributed by atoms with Crippen molar-refractivity contribution in [3.8, 4) is 0 Å². The van der Waals surface area contributed by atoms with E-state index in [9.17, 15) is 15.0 Å². The van der Waals surface area contributed by atoms with Crippen LogP contribution in [-0.2, 0) is 9.53 Å². The Kier molecular flexibility index (Phi) is 3.90. The average Bonchev–Trinajstić information content (AvgIpc) is 2.20. The van der Waals surface area contributed by atoms with Gasteiger partial charge in [-0.1, -0.05) is 6.92 Å². The molecule has 0 amide bonds. The second-order valence-electron chi connectivity index (χ2n) is 4.09. The van der Waals surface area contributed by atoms with Crippen molar-refractivity contribution in [2.45, 2.75) is 38.2 Å². The fraction of sp³-hybridized carbons (Fsp3) is 0.700.